The summed E-state index contributed by atoms with van der Waals surface area (Å²) in [6, 6.07) is 0.415. The van der Waals surface area contributed by atoms with Crippen LogP contribution >= 0.6 is 0 Å². The van der Waals surface area contributed by atoms with Crippen LogP contribution in [-0.2, 0) is 0 Å². The summed E-state index contributed by atoms with van der Waals surface area (Å²) in [5, 5.41) is 6.95. The van der Waals surface area contributed by atoms with E-state index in [2.05, 4.69) is 10.2 Å². The van der Waals surface area contributed by atoms with Crippen LogP contribution in [0.5, 0.6) is 0 Å². The number of nitrogens with one attached hydrogen (secondary N) is 1. The third kappa shape index (κ3) is 2.20. The molecule has 1 aromatic heterocycles. The molecule has 3 N–H and O–H groups in total. The van der Waals surface area contributed by atoms with Crippen LogP contribution in [0.15, 0.2) is 0 Å². The predicted molar refractivity (Wildman–Crippen MR) is 65.8 cm³/mol. The van der Waals surface area contributed by atoms with Crippen molar-refractivity contribution in [3.05, 3.63) is 17.0 Å². The Kier molecular flexibility index (Phi) is 3.19. The first-order chi connectivity index (χ1) is 8.00. The van der Waals surface area contributed by atoms with E-state index >= 15 is 0 Å². The largest absolute Gasteiger partial charge is 0.334 e. The van der Waals surface area contributed by atoms with E-state index in [4.69, 9.17) is 5.73 Å². The summed E-state index contributed by atoms with van der Waals surface area (Å²) < 4.78 is 0. The first-order valence-corrected chi connectivity index (χ1v) is 6.08. The van der Waals surface area contributed by atoms with Crippen molar-refractivity contribution in [2.75, 3.05) is 6.54 Å². The number of nitrogens with zero attached hydrogens (tertiary/aromatic N) is 2. The molecule has 5 nitrogen and oxygen atoms in total. The van der Waals surface area contributed by atoms with Crippen LogP contribution in [0, 0.1) is 13.8 Å². The van der Waals surface area contributed by atoms with E-state index in [0.29, 0.717) is 5.69 Å². The Hall–Kier alpha value is -1.36. The van der Waals surface area contributed by atoms with Gasteiger partial charge < -0.3 is 10.6 Å². The summed E-state index contributed by atoms with van der Waals surface area (Å²) in [5.41, 5.74) is 8.34. The van der Waals surface area contributed by atoms with Gasteiger partial charge in [-0.05, 0) is 33.6 Å². The van der Waals surface area contributed by atoms with Gasteiger partial charge in [0.25, 0.3) is 5.91 Å². The van der Waals surface area contributed by atoms with Gasteiger partial charge in [-0.3, -0.25) is 9.89 Å². The van der Waals surface area contributed by atoms with Crippen molar-refractivity contribution >= 4 is 5.91 Å². The molecule has 0 radical (unpaired) electrons. The minimum absolute atomic E-state index is 0.0197. The lowest BCUT2D eigenvalue weighted by molar-refractivity contribution is 0.0612. The van der Waals surface area contributed by atoms with Gasteiger partial charge in [0.2, 0.25) is 0 Å². The molecule has 0 aliphatic carbocycles. The second-order valence-corrected chi connectivity index (χ2v) is 4.95. The van der Waals surface area contributed by atoms with Gasteiger partial charge in [0.15, 0.2) is 5.69 Å². The molecule has 1 fully saturated rings. The molecule has 94 valence electrons. The molecule has 0 spiro atoms. The van der Waals surface area contributed by atoms with E-state index in [0.717, 1.165) is 30.6 Å². The number of carbonyl (C=O) groups is 1. The Morgan fingerprint density at radius 3 is 2.76 bits per heavy atom. The topological polar surface area (TPSA) is 75.0 Å². The molecule has 2 heterocycles. The number of amides is 1. The highest BCUT2D eigenvalue weighted by Gasteiger charge is 2.29. The standard InChI is InChI=1S/C12H20N4O/c1-7-6-10(13)4-5-16(7)12(17)11-8(2)9(3)14-15-11/h7,10H,4-6,13H2,1-3H3,(H,14,15)/t7-,10-/m1/s1. The Morgan fingerprint density at radius 1 is 1.53 bits per heavy atom. The molecule has 1 saturated heterocycles. The lowest BCUT2D eigenvalue weighted by atomic mass is 9.98. The average molecular weight is 236 g/mol. The SMILES string of the molecule is Cc1[nH]nc(C(=O)N2CC[C@@H](N)C[C@H]2C)c1C. The van der Waals surface area contributed by atoms with Gasteiger partial charge in [-0.15, -0.1) is 0 Å². The summed E-state index contributed by atoms with van der Waals surface area (Å²) in [4.78, 5) is 14.2. The Labute approximate surface area is 101 Å². The number of hydrogen-bond donors (Lipinski definition) is 2. The monoisotopic (exact) mass is 236 g/mol. The Bertz CT molecular complexity index is 426. The number of likely N-dealkylation sites (tertiary alicyclic amines) is 1. The molecular weight excluding hydrogens is 216 g/mol. The van der Waals surface area contributed by atoms with Gasteiger partial charge >= 0.3 is 0 Å². The summed E-state index contributed by atoms with van der Waals surface area (Å²) in [6.07, 6.45) is 1.74. The van der Waals surface area contributed by atoms with Crippen molar-refractivity contribution in [3.8, 4) is 0 Å². The summed E-state index contributed by atoms with van der Waals surface area (Å²) >= 11 is 0. The van der Waals surface area contributed by atoms with Gasteiger partial charge in [-0.1, -0.05) is 0 Å². The van der Waals surface area contributed by atoms with Crippen LogP contribution in [0.3, 0.4) is 0 Å². The lowest BCUT2D eigenvalue weighted by Crippen LogP contribution is -2.48. The molecule has 1 aliphatic heterocycles. The maximum atomic E-state index is 12.4. The molecule has 2 atom stereocenters. The van der Waals surface area contributed by atoms with E-state index in [1.165, 1.54) is 0 Å². The number of rotatable bonds is 1. The van der Waals surface area contributed by atoms with E-state index in [-0.39, 0.29) is 18.0 Å². The van der Waals surface area contributed by atoms with Gasteiger partial charge in [-0.25, -0.2) is 0 Å². The second-order valence-electron chi connectivity index (χ2n) is 4.95. The number of aromatic nitrogens is 2. The summed E-state index contributed by atoms with van der Waals surface area (Å²) in [7, 11) is 0. The zero-order valence-corrected chi connectivity index (χ0v) is 10.7. The highest BCUT2D eigenvalue weighted by molar-refractivity contribution is 5.94. The predicted octanol–water partition coefficient (Wildman–Crippen LogP) is 0.978. The number of hydrogen-bond acceptors (Lipinski definition) is 3. The minimum atomic E-state index is 0.0197. The van der Waals surface area contributed by atoms with Crippen LogP contribution in [0.4, 0.5) is 0 Å². The Morgan fingerprint density at radius 2 is 2.24 bits per heavy atom. The molecule has 0 aromatic carbocycles. The Balaban J connectivity index is 2.18. The zero-order valence-electron chi connectivity index (χ0n) is 10.7. The van der Waals surface area contributed by atoms with Crippen LogP contribution in [0.25, 0.3) is 0 Å². The lowest BCUT2D eigenvalue weighted by Gasteiger charge is -2.36. The van der Waals surface area contributed by atoms with E-state index in [1.54, 1.807) is 0 Å². The van der Waals surface area contributed by atoms with Crippen LogP contribution in [-0.4, -0.2) is 39.6 Å². The van der Waals surface area contributed by atoms with Crippen LogP contribution in [0.1, 0.15) is 41.5 Å². The molecule has 1 aromatic rings. The quantitative estimate of drug-likeness (QED) is 0.763. The van der Waals surface area contributed by atoms with Crippen molar-refractivity contribution in [2.24, 2.45) is 5.73 Å². The highest BCUT2D eigenvalue weighted by atomic mass is 16.2. The molecule has 0 bridgehead atoms. The third-order valence-corrected chi connectivity index (χ3v) is 3.63. The molecular formula is C12H20N4O. The van der Waals surface area contributed by atoms with E-state index in [1.807, 2.05) is 25.7 Å². The van der Waals surface area contributed by atoms with E-state index in [9.17, 15) is 4.79 Å². The molecule has 17 heavy (non-hydrogen) atoms. The van der Waals surface area contributed by atoms with Crippen molar-refractivity contribution in [2.45, 2.75) is 45.7 Å². The number of aryl methyl sites for hydroxylation is 1. The molecule has 0 saturated carbocycles. The van der Waals surface area contributed by atoms with Crippen molar-refractivity contribution < 1.29 is 4.79 Å². The average Bonchev–Trinajstić information content (AvgIpc) is 2.59. The molecule has 5 heteroatoms. The van der Waals surface area contributed by atoms with Gasteiger partial charge in [-0.2, -0.15) is 5.10 Å². The fourth-order valence-corrected chi connectivity index (χ4v) is 2.34. The zero-order chi connectivity index (χ0) is 12.6. The van der Waals surface area contributed by atoms with Gasteiger partial charge in [0, 0.05) is 29.9 Å². The molecule has 1 amide bonds. The maximum Gasteiger partial charge on any atom is 0.274 e. The first kappa shape index (κ1) is 12.1. The summed E-state index contributed by atoms with van der Waals surface area (Å²) in [6.45, 7) is 6.62. The number of nitrogens with two attached hydrogens (primary N) is 1. The minimum Gasteiger partial charge on any atom is -0.334 e. The smallest absolute Gasteiger partial charge is 0.274 e. The number of H-pyrrole nitrogens is 1. The van der Waals surface area contributed by atoms with Crippen LogP contribution < -0.4 is 5.73 Å². The van der Waals surface area contributed by atoms with Crippen LogP contribution in [0.2, 0.25) is 0 Å². The number of carbonyl (C=O) groups excluding carboxylic acids is 1. The van der Waals surface area contributed by atoms with E-state index < -0.39 is 0 Å². The second kappa shape index (κ2) is 4.49. The van der Waals surface area contributed by atoms with Crippen molar-refractivity contribution in [1.82, 2.24) is 15.1 Å². The number of aromatic amines is 1. The highest BCUT2D eigenvalue weighted by Crippen LogP contribution is 2.20. The fraction of sp³-hybridized carbons (Fsp3) is 0.667. The molecule has 2 rings (SSSR count). The van der Waals surface area contributed by atoms with Crippen molar-refractivity contribution in [1.29, 1.82) is 0 Å². The summed E-state index contributed by atoms with van der Waals surface area (Å²) in [5.74, 6) is 0.0197. The molecule has 1 aliphatic rings. The van der Waals surface area contributed by atoms with Crippen molar-refractivity contribution in [3.63, 3.8) is 0 Å². The normalized spacial score (nSPS) is 25.1. The number of piperidine rings is 1. The first-order valence-electron chi connectivity index (χ1n) is 6.08. The third-order valence-electron chi connectivity index (χ3n) is 3.63. The molecule has 0 unspecified atom stereocenters. The fourth-order valence-electron chi connectivity index (χ4n) is 2.34. The van der Waals surface area contributed by atoms with Gasteiger partial charge in [0.05, 0.1) is 0 Å². The van der Waals surface area contributed by atoms with Gasteiger partial charge in [0.1, 0.15) is 0 Å². The maximum absolute atomic E-state index is 12.4.